The summed E-state index contributed by atoms with van der Waals surface area (Å²) in [6.45, 7) is 3.79. The monoisotopic (exact) mass is 557 g/mol. The molecule has 12 heteroatoms. The van der Waals surface area contributed by atoms with E-state index in [1.165, 1.54) is 31.2 Å². The summed E-state index contributed by atoms with van der Waals surface area (Å²) in [4.78, 5) is 39.8. The molecule has 1 fully saturated rings. The van der Waals surface area contributed by atoms with Gasteiger partial charge in [0.05, 0.1) is 5.56 Å². The lowest BCUT2D eigenvalue weighted by Gasteiger charge is -2.19. The van der Waals surface area contributed by atoms with Gasteiger partial charge in [-0.1, -0.05) is 11.3 Å². The number of nitrogens with two attached hydrogens (primary N) is 1. The first-order valence-corrected chi connectivity index (χ1v) is 13.6. The number of fused-ring (bicyclic) bond motifs is 1. The standard InChI is InChI=1S/C18H19FN2O2.C9H13N3O3S/c1-11-8-12(14-4-2-3-5-17(14)21-11)10-23-13-6-7-15(18(20)22)16(19)9-13;1-15-5-7(13)12-3-2-6(4-12)8-10-11-9(14)16-8/h6-9H,2-5,10H2,1H3,(H2,20,22);6H,2-5H2,1H3,(H,11,14)/t;6-/m.1/s1. The molecule has 3 N–H and O–H groups in total. The van der Waals surface area contributed by atoms with Gasteiger partial charge in [-0.3, -0.25) is 19.4 Å². The van der Waals surface area contributed by atoms with Gasteiger partial charge in [-0.05, 0) is 68.4 Å². The average Bonchev–Trinajstić information content (AvgIpc) is 3.57. The Morgan fingerprint density at radius 2 is 2.05 bits per heavy atom. The molecule has 1 atom stereocenters. The van der Waals surface area contributed by atoms with Crippen LogP contribution >= 0.6 is 11.3 Å². The van der Waals surface area contributed by atoms with Gasteiger partial charge in [0.1, 0.15) is 29.8 Å². The number of carbonyl (C=O) groups excluding carboxylic acids is 2. The maximum absolute atomic E-state index is 13.8. The van der Waals surface area contributed by atoms with Gasteiger partial charge in [-0.15, -0.1) is 0 Å². The fourth-order valence-electron chi connectivity index (χ4n) is 4.84. The van der Waals surface area contributed by atoms with Gasteiger partial charge < -0.3 is 20.1 Å². The number of pyridine rings is 1. The first kappa shape index (κ1) is 28.4. The number of aryl methyl sites for hydroxylation is 2. The van der Waals surface area contributed by atoms with E-state index in [0.29, 0.717) is 25.4 Å². The molecule has 2 aromatic heterocycles. The zero-order valence-electron chi connectivity index (χ0n) is 22.0. The van der Waals surface area contributed by atoms with E-state index in [0.717, 1.165) is 59.0 Å². The quantitative estimate of drug-likeness (QED) is 0.455. The van der Waals surface area contributed by atoms with Crippen LogP contribution in [0.25, 0.3) is 0 Å². The molecular weight excluding hydrogens is 525 g/mol. The Morgan fingerprint density at radius 1 is 1.26 bits per heavy atom. The molecule has 3 heterocycles. The second-order valence-electron chi connectivity index (χ2n) is 9.56. The molecule has 5 rings (SSSR count). The number of nitrogens with zero attached hydrogens (tertiary/aromatic N) is 3. The maximum Gasteiger partial charge on any atom is 0.322 e. The Kier molecular flexibility index (Phi) is 9.41. The Labute approximate surface area is 229 Å². The van der Waals surface area contributed by atoms with Crippen molar-refractivity contribution in [2.75, 3.05) is 26.8 Å². The number of aromatic nitrogens is 3. The number of likely N-dealkylation sites (tertiary alicyclic amines) is 1. The molecule has 3 aromatic rings. The van der Waals surface area contributed by atoms with Crippen molar-refractivity contribution >= 4 is 23.2 Å². The second-order valence-corrected chi connectivity index (χ2v) is 10.6. The first-order chi connectivity index (χ1) is 18.7. The molecule has 1 saturated heterocycles. The van der Waals surface area contributed by atoms with Crippen LogP contribution in [0.1, 0.15) is 63.1 Å². The second kappa shape index (κ2) is 12.9. The summed E-state index contributed by atoms with van der Waals surface area (Å²) in [5.74, 6) is -0.889. The Balaban J connectivity index is 0.000000193. The number of nitrogens with one attached hydrogen (secondary N) is 1. The zero-order valence-corrected chi connectivity index (χ0v) is 22.8. The number of hydrogen-bond donors (Lipinski definition) is 2. The summed E-state index contributed by atoms with van der Waals surface area (Å²) in [6.07, 6.45) is 5.20. The third-order valence-corrected chi connectivity index (χ3v) is 7.64. The van der Waals surface area contributed by atoms with Gasteiger partial charge in [-0.25, -0.2) is 9.49 Å². The Bertz CT molecular complexity index is 1390. The number of rotatable bonds is 7. The van der Waals surface area contributed by atoms with E-state index in [2.05, 4.69) is 15.2 Å². The van der Waals surface area contributed by atoms with Crippen LogP contribution in [0, 0.1) is 12.7 Å². The fourth-order valence-corrected chi connectivity index (χ4v) is 5.57. The normalized spacial score (nSPS) is 16.3. The number of benzene rings is 1. The average molecular weight is 558 g/mol. The Hall–Kier alpha value is -3.64. The minimum Gasteiger partial charge on any atom is -0.489 e. The van der Waals surface area contributed by atoms with E-state index >= 15 is 0 Å². The van der Waals surface area contributed by atoms with Crippen molar-refractivity contribution in [2.45, 2.75) is 51.6 Å². The van der Waals surface area contributed by atoms with Crippen molar-refractivity contribution in [2.24, 2.45) is 5.73 Å². The number of halogens is 1. The number of amides is 2. The lowest BCUT2D eigenvalue weighted by Crippen LogP contribution is -2.31. The number of hydrogen-bond acceptors (Lipinski definition) is 8. The van der Waals surface area contributed by atoms with E-state index in [1.54, 1.807) is 11.0 Å². The summed E-state index contributed by atoms with van der Waals surface area (Å²) in [6, 6.07) is 6.13. The largest absolute Gasteiger partial charge is 0.489 e. The summed E-state index contributed by atoms with van der Waals surface area (Å²) >= 11 is 1.12. The van der Waals surface area contributed by atoms with E-state index in [4.69, 9.17) is 15.2 Å². The maximum atomic E-state index is 13.8. The van der Waals surface area contributed by atoms with Crippen LogP contribution in [0.2, 0.25) is 0 Å². The molecule has 39 heavy (non-hydrogen) atoms. The van der Waals surface area contributed by atoms with E-state index < -0.39 is 11.7 Å². The van der Waals surface area contributed by atoms with Crippen molar-refractivity contribution in [3.63, 3.8) is 0 Å². The molecule has 0 spiro atoms. The molecule has 0 radical (unpaired) electrons. The zero-order chi connectivity index (χ0) is 27.9. The number of methoxy groups -OCH3 is 1. The fraction of sp³-hybridized carbons (Fsp3) is 0.444. The lowest BCUT2D eigenvalue weighted by atomic mass is 9.92. The molecule has 0 unspecified atom stereocenters. The first-order valence-electron chi connectivity index (χ1n) is 12.8. The van der Waals surface area contributed by atoms with Crippen LogP contribution in [0.4, 0.5) is 4.39 Å². The van der Waals surface area contributed by atoms with Gasteiger partial charge in [0, 0.05) is 43.6 Å². The molecule has 1 aliphatic heterocycles. The smallest absolute Gasteiger partial charge is 0.322 e. The van der Waals surface area contributed by atoms with Gasteiger partial charge in [-0.2, -0.15) is 5.10 Å². The third kappa shape index (κ3) is 7.27. The van der Waals surface area contributed by atoms with Crippen LogP contribution < -0.4 is 15.3 Å². The lowest BCUT2D eigenvalue weighted by molar-refractivity contribution is -0.134. The van der Waals surface area contributed by atoms with Crippen LogP contribution in [-0.4, -0.2) is 58.7 Å². The topological polar surface area (TPSA) is 140 Å². The van der Waals surface area contributed by atoms with Gasteiger partial charge in [0.25, 0.3) is 5.91 Å². The molecular formula is C27H32FN5O5S. The van der Waals surface area contributed by atoms with Crippen molar-refractivity contribution < 1.29 is 23.5 Å². The molecule has 1 aromatic carbocycles. The predicted octanol–water partition coefficient (Wildman–Crippen LogP) is 2.88. The molecule has 2 amide bonds. The number of primary amides is 1. The van der Waals surface area contributed by atoms with Gasteiger partial charge >= 0.3 is 4.87 Å². The van der Waals surface area contributed by atoms with Crippen LogP contribution in [0.15, 0.2) is 29.1 Å². The highest BCUT2D eigenvalue weighted by molar-refractivity contribution is 7.08. The summed E-state index contributed by atoms with van der Waals surface area (Å²) in [5, 5.41) is 7.14. The SMILES string of the molecule is COCC(=O)N1CC[C@@H](c2n[nH]c(=O)s2)C1.Cc1cc(COc2ccc(C(N)=O)c(F)c2)c2c(n1)CCCC2. The minimum atomic E-state index is -0.784. The minimum absolute atomic E-state index is 0.00659. The van der Waals surface area contributed by atoms with E-state index in [1.807, 2.05) is 13.0 Å². The third-order valence-electron chi connectivity index (χ3n) is 6.73. The van der Waals surface area contributed by atoms with Gasteiger partial charge in [0.15, 0.2) is 0 Å². The molecule has 2 aliphatic rings. The van der Waals surface area contributed by atoms with Crippen molar-refractivity contribution in [1.82, 2.24) is 20.1 Å². The summed E-state index contributed by atoms with van der Waals surface area (Å²) < 4.78 is 24.3. The molecule has 0 bridgehead atoms. The van der Waals surface area contributed by atoms with Crippen LogP contribution in [-0.2, 0) is 29.0 Å². The van der Waals surface area contributed by atoms with E-state index in [-0.39, 0.29) is 28.9 Å². The summed E-state index contributed by atoms with van der Waals surface area (Å²) in [7, 11) is 1.50. The van der Waals surface area contributed by atoms with Crippen molar-refractivity contribution in [3.05, 3.63) is 72.8 Å². The number of ether oxygens (including phenoxy) is 2. The van der Waals surface area contributed by atoms with Crippen molar-refractivity contribution in [1.29, 1.82) is 0 Å². The van der Waals surface area contributed by atoms with Gasteiger partial charge in [0.2, 0.25) is 5.91 Å². The van der Waals surface area contributed by atoms with E-state index in [9.17, 15) is 18.8 Å². The highest BCUT2D eigenvalue weighted by atomic mass is 32.1. The molecule has 208 valence electrons. The number of H-pyrrole nitrogens is 1. The molecule has 0 saturated carbocycles. The molecule has 10 nitrogen and oxygen atoms in total. The molecule has 1 aliphatic carbocycles. The van der Waals surface area contributed by atoms with Crippen LogP contribution in [0.3, 0.4) is 0 Å². The Morgan fingerprint density at radius 3 is 2.74 bits per heavy atom. The summed E-state index contributed by atoms with van der Waals surface area (Å²) in [5.41, 5.74) is 9.46. The van der Waals surface area contributed by atoms with Crippen molar-refractivity contribution in [3.8, 4) is 5.75 Å². The van der Waals surface area contributed by atoms with Crippen LogP contribution in [0.5, 0.6) is 5.75 Å². The number of aromatic amines is 1. The predicted molar refractivity (Wildman–Crippen MR) is 143 cm³/mol. The highest BCUT2D eigenvalue weighted by Gasteiger charge is 2.29. The highest BCUT2D eigenvalue weighted by Crippen LogP contribution is 2.27. The number of carbonyl (C=O) groups is 2.